The van der Waals surface area contributed by atoms with Crippen molar-refractivity contribution in [2.24, 2.45) is 0 Å². The average Bonchev–Trinajstić information content (AvgIpc) is 2.84. The summed E-state index contributed by atoms with van der Waals surface area (Å²) in [6.07, 6.45) is -4.28. The Balaban J connectivity index is 1.93. The first-order chi connectivity index (χ1) is 9.49. The molecule has 108 valence electrons. The molecule has 2 nitrogen and oxygen atoms in total. The van der Waals surface area contributed by atoms with Gasteiger partial charge in [0.1, 0.15) is 0 Å². The maximum absolute atomic E-state index is 12.4. The molecule has 0 aliphatic carbocycles. The van der Waals surface area contributed by atoms with Crippen LogP contribution in [-0.2, 0) is 11.9 Å². The number of nitrogens with zero attached hydrogens (tertiary/aromatic N) is 2. The first-order valence-corrected chi connectivity index (χ1v) is 8.53. The van der Waals surface area contributed by atoms with Gasteiger partial charge in [-0.2, -0.15) is 13.2 Å². The Hall–Kier alpha value is -0.730. The van der Waals surface area contributed by atoms with E-state index in [-0.39, 0.29) is 0 Å². The standard InChI is InChI=1S/C12H11F3N2S3/c1-2-18-10-16-17-11(20-10)19-7-8-3-5-9(6-4-8)12(13,14)15/h3-6H,2,7H2,1H3. The summed E-state index contributed by atoms with van der Waals surface area (Å²) >= 11 is 4.62. The van der Waals surface area contributed by atoms with Crippen LogP contribution in [0.1, 0.15) is 18.1 Å². The minimum absolute atomic E-state index is 0.587. The predicted molar refractivity (Wildman–Crippen MR) is 77.3 cm³/mol. The number of rotatable bonds is 5. The van der Waals surface area contributed by atoms with Gasteiger partial charge < -0.3 is 0 Å². The zero-order chi connectivity index (χ0) is 14.6. The lowest BCUT2D eigenvalue weighted by atomic mass is 10.1. The molecule has 1 heterocycles. The van der Waals surface area contributed by atoms with E-state index in [4.69, 9.17) is 0 Å². The van der Waals surface area contributed by atoms with Gasteiger partial charge in [-0.15, -0.1) is 10.2 Å². The van der Waals surface area contributed by atoms with Crippen molar-refractivity contribution in [2.45, 2.75) is 27.5 Å². The number of hydrogen-bond acceptors (Lipinski definition) is 5. The van der Waals surface area contributed by atoms with Crippen LogP contribution in [0.4, 0.5) is 13.2 Å². The van der Waals surface area contributed by atoms with Gasteiger partial charge in [-0.25, -0.2) is 0 Å². The lowest BCUT2D eigenvalue weighted by Crippen LogP contribution is -2.04. The number of hydrogen-bond donors (Lipinski definition) is 0. The summed E-state index contributed by atoms with van der Waals surface area (Å²) in [6, 6.07) is 5.21. The molecular formula is C12H11F3N2S3. The second-order valence-electron chi connectivity index (χ2n) is 3.75. The number of thioether (sulfide) groups is 2. The number of alkyl halides is 3. The van der Waals surface area contributed by atoms with Gasteiger partial charge in [0, 0.05) is 5.75 Å². The fourth-order valence-corrected chi connectivity index (χ4v) is 4.25. The Bertz CT molecular complexity index is 552. The summed E-state index contributed by atoms with van der Waals surface area (Å²) in [5, 5.41) is 8.06. The molecule has 0 saturated heterocycles. The molecular weight excluding hydrogens is 325 g/mol. The Morgan fingerprint density at radius 3 is 2.20 bits per heavy atom. The Morgan fingerprint density at radius 1 is 1.05 bits per heavy atom. The zero-order valence-corrected chi connectivity index (χ0v) is 12.9. The number of halogens is 3. The molecule has 0 N–H and O–H groups in total. The normalized spacial score (nSPS) is 11.8. The molecule has 20 heavy (non-hydrogen) atoms. The van der Waals surface area contributed by atoms with Crippen LogP contribution in [0.3, 0.4) is 0 Å². The summed E-state index contributed by atoms with van der Waals surface area (Å²) < 4.78 is 39.0. The highest BCUT2D eigenvalue weighted by molar-refractivity contribution is 8.02. The van der Waals surface area contributed by atoms with E-state index in [1.54, 1.807) is 11.8 Å². The lowest BCUT2D eigenvalue weighted by Gasteiger charge is -2.06. The first-order valence-electron chi connectivity index (χ1n) is 5.74. The summed E-state index contributed by atoms with van der Waals surface area (Å²) in [7, 11) is 0. The third-order valence-electron chi connectivity index (χ3n) is 2.30. The van der Waals surface area contributed by atoms with Crippen LogP contribution in [0.5, 0.6) is 0 Å². The van der Waals surface area contributed by atoms with Crippen LogP contribution in [0.2, 0.25) is 0 Å². The van der Waals surface area contributed by atoms with Crippen molar-refractivity contribution >= 4 is 34.9 Å². The minimum atomic E-state index is -4.28. The smallest absolute Gasteiger partial charge is 0.166 e. The van der Waals surface area contributed by atoms with E-state index in [9.17, 15) is 13.2 Å². The molecule has 0 aliphatic heterocycles. The Kier molecular flexibility index (Phi) is 5.34. The molecule has 0 saturated carbocycles. The van der Waals surface area contributed by atoms with Crippen molar-refractivity contribution in [3.05, 3.63) is 35.4 Å². The first kappa shape index (κ1) is 15.7. The van der Waals surface area contributed by atoms with Crippen molar-refractivity contribution in [3.63, 3.8) is 0 Å². The Morgan fingerprint density at radius 2 is 1.65 bits per heavy atom. The van der Waals surface area contributed by atoms with Crippen LogP contribution in [0.25, 0.3) is 0 Å². The topological polar surface area (TPSA) is 25.8 Å². The van der Waals surface area contributed by atoms with Crippen LogP contribution in [0.15, 0.2) is 32.9 Å². The largest absolute Gasteiger partial charge is 0.416 e. The molecule has 0 unspecified atom stereocenters. The summed E-state index contributed by atoms with van der Waals surface area (Å²) in [6.45, 7) is 2.04. The molecule has 0 spiro atoms. The van der Waals surface area contributed by atoms with Crippen molar-refractivity contribution < 1.29 is 13.2 Å². The fraction of sp³-hybridized carbons (Fsp3) is 0.333. The minimum Gasteiger partial charge on any atom is -0.166 e. The van der Waals surface area contributed by atoms with Crippen molar-refractivity contribution in [1.82, 2.24) is 10.2 Å². The van der Waals surface area contributed by atoms with Crippen LogP contribution in [0, 0.1) is 0 Å². The molecule has 0 radical (unpaired) electrons. The zero-order valence-electron chi connectivity index (χ0n) is 10.5. The molecule has 0 bridgehead atoms. The summed E-state index contributed by atoms with van der Waals surface area (Å²) in [5.41, 5.74) is 0.215. The van der Waals surface area contributed by atoms with Gasteiger partial charge in [-0.3, -0.25) is 0 Å². The van der Waals surface area contributed by atoms with E-state index in [0.717, 1.165) is 32.1 Å². The number of aromatic nitrogens is 2. The van der Waals surface area contributed by atoms with Gasteiger partial charge in [0.25, 0.3) is 0 Å². The second kappa shape index (κ2) is 6.82. The summed E-state index contributed by atoms with van der Waals surface area (Å²) in [5.74, 6) is 1.53. The van der Waals surface area contributed by atoms with E-state index in [1.165, 1.54) is 35.2 Å². The maximum atomic E-state index is 12.4. The molecule has 8 heteroatoms. The van der Waals surface area contributed by atoms with E-state index in [1.807, 2.05) is 6.92 Å². The quantitative estimate of drug-likeness (QED) is 0.721. The lowest BCUT2D eigenvalue weighted by molar-refractivity contribution is -0.137. The van der Waals surface area contributed by atoms with Crippen molar-refractivity contribution in [2.75, 3.05) is 5.75 Å². The monoisotopic (exact) mass is 336 g/mol. The van der Waals surface area contributed by atoms with E-state index >= 15 is 0 Å². The van der Waals surface area contributed by atoms with E-state index < -0.39 is 11.7 Å². The highest BCUT2D eigenvalue weighted by Crippen LogP contribution is 2.32. The van der Waals surface area contributed by atoms with E-state index in [2.05, 4.69) is 10.2 Å². The van der Waals surface area contributed by atoms with Crippen LogP contribution < -0.4 is 0 Å². The molecule has 0 aliphatic rings. The fourth-order valence-electron chi connectivity index (χ4n) is 1.37. The van der Waals surface area contributed by atoms with Crippen LogP contribution in [-0.4, -0.2) is 16.0 Å². The average molecular weight is 336 g/mol. The number of benzene rings is 1. The summed E-state index contributed by atoms with van der Waals surface area (Å²) in [4.78, 5) is 0. The molecule has 0 fully saturated rings. The highest BCUT2D eigenvalue weighted by atomic mass is 32.2. The highest BCUT2D eigenvalue weighted by Gasteiger charge is 2.29. The van der Waals surface area contributed by atoms with Gasteiger partial charge >= 0.3 is 6.18 Å². The van der Waals surface area contributed by atoms with Gasteiger partial charge in [0.15, 0.2) is 8.68 Å². The van der Waals surface area contributed by atoms with Gasteiger partial charge in [-0.1, -0.05) is 53.9 Å². The third kappa shape index (κ3) is 4.39. The maximum Gasteiger partial charge on any atom is 0.416 e. The van der Waals surface area contributed by atoms with Gasteiger partial charge in [0.05, 0.1) is 5.56 Å². The molecule has 1 aromatic carbocycles. The Labute approximate surface area is 127 Å². The van der Waals surface area contributed by atoms with Gasteiger partial charge in [-0.05, 0) is 23.4 Å². The predicted octanol–water partition coefficient (Wildman–Crippen LogP) is 4.96. The van der Waals surface area contributed by atoms with E-state index in [0.29, 0.717) is 5.75 Å². The SMILES string of the molecule is CCSc1nnc(SCc2ccc(C(F)(F)F)cc2)s1. The van der Waals surface area contributed by atoms with Crippen molar-refractivity contribution in [1.29, 1.82) is 0 Å². The second-order valence-corrected chi connectivity index (χ2v) is 7.46. The molecule has 1 aromatic heterocycles. The molecule has 0 atom stereocenters. The van der Waals surface area contributed by atoms with Crippen LogP contribution >= 0.6 is 34.9 Å². The molecule has 2 rings (SSSR count). The third-order valence-corrected chi connectivity index (χ3v) is 5.44. The molecule has 2 aromatic rings. The molecule has 0 amide bonds. The van der Waals surface area contributed by atoms with Crippen molar-refractivity contribution in [3.8, 4) is 0 Å². The van der Waals surface area contributed by atoms with Gasteiger partial charge in [0.2, 0.25) is 0 Å².